The van der Waals surface area contributed by atoms with Crippen LogP contribution in [0.25, 0.3) is 10.9 Å². The van der Waals surface area contributed by atoms with E-state index >= 15 is 0 Å². The lowest BCUT2D eigenvalue weighted by Gasteiger charge is -2.17. The zero-order valence-corrected chi connectivity index (χ0v) is 11.6. The minimum absolute atomic E-state index is 0.400. The number of halogens is 1. The number of hydrogen-bond acceptors (Lipinski definition) is 3. The van der Waals surface area contributed by atoms with Crippen LogP contribution in [-0.2, 0) is 0 Å². The predicted molar refractivity (Wildman–Crippen MR) is 75.6 cm³/mol. The molecule has 0 bridgehead atoms. The molecule has 0 aliphatic rings. The number of nitrogens with one attached hydrogen (secondary N) is 1. The molecule has 1 N–H and O–H groups in total. The van der Waals surface area contributed by atoms with Crippen LogP contribution in [0, 0.1) is 0 Å². The largest absolute Gasteiger partial charge is 0.381 e. The molecule has 1 aromatic carbocycles. The van der Waals surface area contributed by atoms with Crippen molar-refractivity contribution < 1.29 is 0 Å². The molecule has 3 nitrogen and oxygen atoms in total. The number of fused-ring (bicyclic) bond motifs is 1. The van der Waals surface area contributed by atoms with Crippen LogP contribution in [-0.4, -0.2) is 21.1 Å². The Bertz CT molecular complexity index is 493. The van der Waals surface area contributed by atoms with E-state index in [4.69, 9.17) is 0 Å². The van der Waals surface area contributed by atoms with Gasteiger partial charge in [-0.2, -0.15) is 10.2 Å². The van der Waals surface area contributed by atoms with Crippen LogP contribution in [0.1, 0.15) is 20.3 Å². The topological polar surface area (TPSA) is 37.8 Å². The molecule has 0 saturated heterocycles. The van der Waals surface area contributed by atoms with Gasteiger partial charge in [-0.3, -0.25) is 0 Å². The second kappa shape index (κ2) is 5.45. The van der Waals surface area contributed by atoms with Gasteiger partial charge in [-0.05, 0) is 19.4 Å². The van der Waals surface area contributed by atoms with Crippen LogP contribution in [0.2, 0.25) is 0 Å². The third kappa shape index (κ3) is 3.16. The highest BCUT2D eigenvalue weighted by Gasteiger charge is 2.08. The van der Waals surface area contributed by atoms with Gasteiger partial charge >= 0.3 is 0 Å². The molecule has 0 fully saturated rings. The lowest BCUT2D eigenvalue weighted by Crippen LogP contribution is -2.18. The van der Waals surface area contributed by atoms with E-state index in [1.807, 2.05) is 18.2 Å². The van der Waals surface area contributed by atoms with E-state index in [-0.39, 0.29) is 0 Å². The second-order valence-electron chi connectivity index (χ2n) is 4.34. The van der Waals surface area contributed by atoms with Crippen molar-refractivity contribution in [1.29, 1.82) is 0 Å². The van der Waals surface area contributed by atoms with Crippen LogP contribution >= 0.6 is 15.9 Å². The van der Waals surface area contributed by atoms with E-state index in [0.29, 0.717) is 10.9 Å². The minimum atomic E-state index is 0.400. The fraction of sp³-hybridized carbons (Fsp3) is 0.385. The van der Waals surface area contributed by atoms with E-state index in [1.165, 1.54) is 0 Å². The van der Waals surface area contributed by atoms with Crippen LogP contribution in [0.15, 0.2) is 30.5 Å². The highest BCUT2D eigenvalue weighted by Crippen LogP contribution is 2.21. The molecule has 17 heavy (non-hydrogen) atoms. The first-order valence-electron chi connectivity index (χ1n) is 5.78. The number of nitrogens with zero attached hydrogens (tertiary/aromatic N) is 2. The Morgan fingerprint density at radius 2 is 2.06 bits per heavy atom. The van der Waals surface area contributed by atoms with Crippen LogP contribution in [0.4, 0.5) is 5.69 Å². The molecule has 2 aromatic rings. The van der Waals surface area contributed by atoms with E-state index in [0.717, 1.165) is 23.0 Å². The fourth-order valence-electron chi connectivity index (χ4n) is 1.93. The molecule has 0 aliphatic heterocycles. The summed E-state index contributed by atoms with van der Waals surface area (Å²) in [5, 5.41) is 12.7. The number of alkyl halides is 1. The van der Waals surface area contributed by atoms with Gasteiger partial charge in [-0.15, -0.1) is 0 Å². The smallest absolute Gasteiger partial charge is 0.0950 e. The molecule has 0 amide bonds. The summed E-state index contributed by atoms with van der Waals surface area (Å²) in [4.78, 5) is 0.506. The molecule has 1 heterocycles. The van der Waals surface area contributed by atoms with Crippen molar-refractivity contribution in [2.24, 2.45) is 0 Å². The number of rotatable bonds is 4. The summed E-state index contributed by atoms with van der Waals surface area (Å²) in [6.07, 6.45) is 2.86. The standard InChI is InChI=1S/C13H16BrN3/c1-9(14)7-10(2)16-13-8-15-17-12-6-4-3-5-11(12)13/h3-6,8-10H,7H2,1-2H3,(H,16,17). The molecule has 2 atom stereocenters. The van der Waals surface area contributed by atoms with Gasteiger partial charge in [-0.1, -0.05) is 41.1 Å². The van der Waals surface area contributed by atoms with Gasteiger partial charge in [-0.25, -0.2) is 0 Å². The lowest BCUT2D eigenvalue weighted by molar-refractivity contribution is 0.708. The maximum Gasteiger partial charge on any atom is 0.0950 e. The Balaban J connectivity index is 2.24. The van der Waals surface area contributed by atoms with Crippen molar-refractivity contribution >= 4 is 32.5 Å². The van der Waals surface area contributed by atoms with Crippen LogP contribution < -0.4 is 5.32 Å². The molecule has 2 unspecified atom stereocenters. The fourth-order valence-corrected chi connectivity index (χ4v) is 2.49. The number of aromatic nitrogens is 2. The predicted octanol–water partition coefficient (Wildman–Crippen LogP) is 3.60. The van der Waals surface area contributed by atoms with E-state index in [2.05, 4.69) is 51.4 Å². The Morgan fingerprint density at radius 1 is 1.29 bits per heavy atom. The maximum absolute atomic E-state index is 4.11. The van der Waals surface area contributed by atoms with Crippen molar-refractivity contribution in [3.8, 4) is 0 Å². The maximum atomic E-state index is 4.11. The first kappa shape index (κ1) is 12.3. The molecule has 2 rings (SSSR count). The molecule has 1 aromatic heterocycles. The zero-order chi connectivity index (χ0) is 12.3. The lowest BCUT2D eigenvalue weighted by atomic mass is 10.1. The van der Waals surface area contributed by atoms with Crippen LogP contribution in [0.5, 0.6) is 0 Å². The van der Waals surface area contributed by atoms with Gasteiger partial charge in [0.1, 0.15) is 0 Å². The summed E-state index contributed by atoms with van der Waals surface area (Å²) in [5.41, 5.74) is 1.98. The first-order chi connectivity index (χ1) is 8.16. The minimum Gasteiger partial charge on any atom is -0.381 e. The second-order valence-corrected chi connectivity index (χ2v) is 5.90. The van der Waals surface area contributed by atoms with Gasteiger partial charge in [0.25, 0.3) is 0 Å². The number of anilines is 1. The molecule has 0 spiro atoms. The highest BCUT2D eigenvalue weighted by molar-refractivity contribution is 9.09. The zero-order valence-electron chi connectivity index (χ0n) is 10.0. The van der Waals surface area contributed by atoms with Crippen molar-refractivity contribution in [2.75, 3.05) is 5.32 Å². The van der Waals surface area contributed by atoms with Crippen molar-refractivity contribution in [3.63, 3.8) is 0 Å². The monoisotopic (exact) mass is 293 g/mol. The molecular weight excluding hydrogens is 278 g/mol. The summed E-state index contributed by atoms with van der Waals surface area (Å²) in [5.74, 6) is 0. The van der Waals surface area contributed by atoms with E-state index in [1.54, 1.807) is 6.20 Å². The van der Waals surface area contributed by atoms with Crippen LogP contribution in [0.3, 0.4) is 0 Å². The average molecular weight is 294 g/mol. The van der Waals surface area contributed by atoms with E-state index < -0.39 is 0 Å². The number of benzene rings is 1. The van der Waals surface area contributed by atoms with Gasteiger partial charge in [0.15, 0.2) is 0 Å². The Labute approximate surface area is 110 Å². The van der Waals surface area contributed by atoms with Gasteiger partial charge < -0.3 is 5.32 Å². The van der Waals surface area contributed by atoms with Gasteiger partial charge in [0.2, 0.25) is 0 Å². The third-order valence-electron chi connectivity index (χ3n) is 2.63. The van der Waals surface area contributed by atoms with Crippen molar-refractivity contribution in [2.45, 2.75) is 31.1 Å². The molecule has 0 radical (unpaired) electrons. The molecule has 0 aliphatic carbocycles. The summed E-state index contributed by atoms with van der Waals surface area (Å²) < 4.78 is 0. The Kier molecular flexibility index (Phi) is 3.94. The van der Waals surface area contributed by atoms with E-state index in [9.17, 15) is 0 Å². The van der Waals surface area contributed by atoms with Crippen molar-refractivity contribution in [1.82, 2.24) is 10.2 Å². The summed E-state index contributed by atoms with van der Waals surface area (Å²) in [6.45, 7) is 4.33. The SMILES string of the molecule is CC(Br)CC(C)Nc1cnnc2ccccc12. The molecule has 4 heteroatoms. The van der Waals surface area contributed by atoms with Crippen molar-refractivity contribution in [3.05, 3.63) is 30.5 Å². The summed E-state index contributed by atoms with van der Waals surface area (Å²) >= 11 is 3.57. The normalized spacial score (nSPS) is 14.5. The summed E-state index contributed by atoms with van der Waals surface area (Å²) in [7, 11) is 0. The molecule has 0 saturated carbocycles. The number of hydrogen-bond donors (Lipinski definition) is 1. The van der Waals surface area contributed by atoms with Gasteiger partial charge in [0, 0.05) is 16.3 Å². The molecule has 90 valence electrons. The van der Waals surface area contributed by atoms with Gasteiger partial charge in [0.05, 0.1) is 17.4 Å². The Hall–Kier alpha value is -1.16. The quantitative estimate of drug-likeness (QED) is 0.875. The Morgan fingerprint density at radius 3 is 2.82 bits per heavy atom. The average Bonchev–Trinajstić information content (AvgIpc) is 2.28. The molecular formula is C13H16BrN3. The summed E-state index contributed by atoms with van der Waals surface area (Å²) in [6, 6.07) is 8.44. The highest BCUT2D eigenvalue weighted by atomic mass is 79.9. The first-order valence-corrected chi connectivity index (χ1v) is 6.69. The third-order valence-corrected chi connectivity index (χ3v) is 3.00.